The Morgan fingerprint density at radius 1 is 1.19 bits per heavy atom. The third-order valence-electron chi connectivity index (χ3n) is 4.50. The molecule has 6 nitrogen and oxygen atoms in total. The molecule has 1 saturated heterocycles. The quantitative estimate of drug-likeness (QED) is 0.779. The number of benzene rings is 1. The fourth-order valence-electron chi connectivity index (χ4n) is 2.94. The van der Waals surface area contributed by atoms with E-state index in [9.17, 15) is 13.2 Å². The van der Waals surface area contributed by atoms with Crippen LogP contribution in [0.5, 0.6) is 0 Å². The van der Waals surface area contributed by atoms with Crippen LogP contribution in [0.3, 0.4) is 0 Å². The topological polar surface area (TPSA) is 79.4 Å². The lowest BCUT2D eigenvalue weighted by Crippen LogP contribution is -2.41. The van der Waals surface area contributed by atoms with Gasteiger partial charge in [-0.1, -0.05) is 15.9 Å². The Morgan fingerprint density at radius 2 is 1.88 bits per heavy atom. The second-order valence-corrected chi connectivity index (χ2v) is 8.97. The smallest absolute Gasteiger partial charge is 0.255 e. The van der Waals surface area contributed by atoms with E-state index in [4.69, 9.17) is 0 Å². The first-order valence-corrected chi connectivity index (χ1v) is 10.7. The Bertz CT molecular complexity index is 849. The minimum atomic E-state index is -3.51. The highest BCUT2D eigenvalue weighted by atomic mass is 79.9. The van der Waals surface area contributed by atoms with Gasteiger partial charge in [-0.2, -0.15) is 0 Å². The van der Waals surface area contributed by atoms with Crippen LogP contribution in [0, 0.1) is 5.92 Å². The van der Waals surface area contributed by atoms with Gasteiger partial charge in [0.05, 0.1) is 10.5 Å². The molecule has 0 atom stereocenters. The summed E-state index contributed by atoms with van der Waals surface area (Å²) in [6.07, 6.45) is 4.76. The summed E-state index contributed by atoms with van der Waals surface area (Å²) in [6, 6.07) is 10.1. The van der Waals surface area contributed by atoms with Gasteiger partial charge in [-0.15, -0.1) is 0 Å². The predicted molar refractivity (Wildman–Crippen MR) is 102 cm³/mol. The molecule has 0 spiro atoms. The molecule has 138 valence electrons. The number of nitrogens with one attached hydrogen (secondary N) is 1. The van der Waals surface area contributed by atoms with Gasteiger partial charge in [0.25, 0.3) is 5.91 Å². The molecule has 2 heterocycles. The van der Waals surface area contributed by atoms with E-state index in [1.165, 1.54) is 0 Å². The van der Waals surface area contributed by atoms with Crippen LogP contribution in [0.2, 0.25) is 0 Å². The van der Waals surface area contributed by atoms with Crippen molar-refractivity contribution >= 4 is 31.9 Å². The minimum Gasteiger partial charge on any atom is -0.339 e. The third-order valence-corrected chi connectivity index (χ3v) is 6.46. The Labute approximate surface area is 161 Å². The summed E-state index contributed by atoms with van der Waals surface area (Å²) in [6.45, 7) is 1.63. The molecule has 0 unspecified atom stereocenters. The first kappa shape index (κ1) is 19.0. The van der Waals surface area contributed by atoms with Crippen LogP contribution in [0.15, 0.2) is 58.2 Å². The summed E-state index contributed by atoms with van der Waals surface area (Å²) < 4.78 is 28.2. The maximum Gasteiger partial charge on any atom is 0.255 e. The average molecular weight is 438 g/mol. The molecule has 1 aliphatic heterocycles. The van der Waals surface area contributed by atoms with Gasteiger partial charge in [0.15, 0.2) is 0 Å². The fourth-order valence-corrected chi connectivity index (χ4v) is 4.32. The van der Waals surface area contributed by atoms with Gasteiger partial charge in [-0.3, -0.25) is 9.78 Å². The number of sulfonamides is 1. The average Bonchev–Trinajstić information content (AvgIpc) is 2.67. The molecule has 1 N–H and O–H groups in total. The van der Waals surface area contributed by atoms with E-state index in [-0.39, 0.29) is 16.7 Å². The SMILES string of the molecule is O=C(c1cccnc1)N1CCC(CNS(=O)(=O)c2ccc(Br)cc2)CC1. The maximum absolute atomic E-state index is 12.4. The number of rotatable bonds is 5. The molecule has 1 aliphatic rings. The molecule has 8 heteroatoms. The number of piperidine rings is 1. The number of aromatic nitrogens is 1. The number of carbonyl (C=O) groups excluding carboxylic acids is 1. The molecular formula is C18H20BrN3O3S. The second kappa shape index (κ2) is 8.28. The second-order valence-electron chi connectivity index (χ2n) is 6.28. The normalized spacial score (nSPS) is 15.8. The number of carbonyl (C=O) groups is 1. The molecule has 2 aromatic rings. The monoisotopic (exact) mass is 437 g/mol. The molecule has 0 saturated carbocycles. The van der Waals surface area contributed by atoms with Gasteiger partial charge >= 0.3 is 0 Å². The van der Waals surface area contributed by atoms with E-state index < -0.39 is 10.0 Å². The first-order valence-electron chi connectivity index (χ1n) is 8.40. The number of likely N-dealkylation sites (tertiary alicyclic amines) is 1. The zero-order valence-electron chi connectivity index (χ0n) is 14.1. The predicted octanol–water partition coefficient (Wildman–Crippen LogP) is 2.67. The van der Waals surface area contributed by atoms with E-state index in [1.54, 1.807) is 53.7 Å². The van der Waals surface area contributed by atoms with Crippen molar-refractivity contribution in [3.63, 3.8) is 0 Å². The molecule has 26 heavy (non-hydrogen) atoms. The zero-order chi connectivity index (χ0) is 18.6. The van der Waals surface area contributed by atoms with Crippen LogP contribution < -0.4 is 4.72 Å². The molecule has 0 aliphatic carbocycles. The van der Waals surface area contributed by atoms with E-state index in [0.29, 0.717) is 25.2 Å². The summed E-state index contributed by atoms with van der Waals surface area (Å²) in [5.41, 5.74) is 0.585. The Kier molecular flexibility index (Phi) is 6.05. The summed E-state index contributed by atoms with van der Waals surface area (Å²) in [7, 11) is -3.51. The largest absolute Gasteiger partial charge is 0.339 e. The highest BCUT2D eigenvalue weighted by Gasteiger charge is 2.25. The van der Waals surface area contributed by atoms with Gasteiger partial charge in [0, 0.05) is 36.5 Å². The lowest BCUT2D eigenvalue weighted by atomic mass is 9.97. The lowest BCUT2D eigenvalue weighted by Gasteiger charge is -2.32. The maximum atomic E-state index is 12.4. The van der Waals surface area contributed by atoms with Crippen molar-refractivity contribution < 1.29 is 13.2 Å². The zero-order valence-corrected chi connectivity index (χ0v) is 16.5. The molecule has 1 aromatic heterocycles. The number of halogens is 1. The number of nitrogens with zero attached hydrogens (tertiary/aromatic N) is 2. The lowest BCUT2D eigenvalue weighted by molar-refractivity contribution is 0.0691. The first-order chi connectivity index (χ1) is 12.5. The van der Waals surface area contributed by atoms with Gasteiger partial charge < -0.3 is 4.90 Å². The standard InChI is InChI=1S/C18H20BrN3O3S/c19-16-3-5-17(6-4-16)26(24,25)21-12-14-7-10-22(11-8-14)18(23)15-2-1-9-20-13-15/h1-6,9,13-14,21H,7-8,10-12H2. The molecule has 0 bridgehead atoms. The van der Waals surface area contributed by atoms with Crippen molar-refractivity contribution in [1.29, 1.82) is 0 Å². The Balaban J connectivity index is 1.51. The summed E-state index contributed by atoms with van der Waals surface area (Å²) in [5.74, 6) is 0.199. The summed E-state index contributed by atoms with van der Waals surface area (Å²) in [5, 5.41) is 0. The molecule has 1 fully saturated rings. The van der Waals surface area contributed by atoms with Crippen molar-refractivity contribution in [3.8, 4) is 0 Å². The van der Waals surface area contributed by atoms with Crippen LogP contribution >= 0.6 is 15.9 Å². The Morgan fingerprint density at radius 3 is 2.50 bits per heavy atom. The number of pyridine rings is 1. The summed E-state index contributed by atoms with van der Waals surface area (Å²) in [4.78, 5) is 18.4. The highest BCUT2D eigenvalue weighted by molar-refractivity contribution is 9.10. The van der Waals surface area contributed by atoms with E-state index >= 15 is 0 Å². The van der Waals surface area contributed by atoms with Crippen molar-refractivity contribution in [1.82, 2.24) is 14.6 Å². The molecule has 1 aromatic carbocycles. The van der Waals surface area contributed by atoms with Crippen molar-refractivity contribution in [2.45, 2.75) is 17.7 Å². The van der Waals surface area contributed by atoms with Gasteiger partial charge in [-0.05, 0) is 55.2 Å². The molecule has 1 amide bonds. The molecule has 3 rings (SSSR count). The summed E-state index contributed by atoms with van der Waals surface area (Å²) >= 11 is 3.30. The fraction of sp³-hybridized carbons (Fsp3) is 0.333. The van der Waals surface area contributed by atoms with Gasteiger partial charge in [0.1, 0.15) is 0 Å². The molecule has 0 radical (unpaired) electrons. The van der Waals surface area contributed by atoms with E-state index in [0.717, 1.165) is 17.3 Å². The number of amides is 1. The van der Waals surface area contributed by atoms with Crippen LogP contribution in [0.25, 0.3) is 0 Å². The van der Waals surface area contributed by atoms with Crippen LogP contribution in [0.4, 0.5) is 0 Å². The minimum absolute atomic E-state index is 0.0213. The van der Waals surface area contributed by atoms with E-state index in [1.807, 2.05) is 0 Å². The number of hydrogen-bond acceptors (Lipinski definition) is 4. The van der Waals surface area contributed by atoms with Crippen LogP contribution in [-0.2, 0) is 10.0 Å². The van der Waals surface area contributed by atoms with Crippen molar-refractivity contribution in [2.24, 2.45) is 5.92 Å². The number of hydrogen-bond donors (Lipinski definition) is 1. The van der Waals surface area contributed by atoms with Crippen molar-refractivity contribution in [3.05, 3.63) is 58.8 Å². The van der Waals surface area contributed by atoms with Crippen molar-refractivity contribution in [2.75, 3.05) is 19.6 Å². The van der Waals surface area contributed by atoms with Crippen LogP contribution in [-0.4, -0.2) is 43.8 Å². The molecular weight excluding hydrogens is 418 g/mol. The van der Waals surface area contributed by atoms with E-state index in [2.05, 4.69) is 25.6 Å². The van der Waals surface area contributed by atoms with Gasteiger partial charge in [0.2, 0.25) is 10.0 Å². The van der Waals surface area contributed by atoms with Crippen LogP contribution in [0.1, 0.15) is 23.2 Å². The van der Waals surface area contributed by atoms with Gasteiger partial charge in [-0.25, -0.2) is 13.1 Å². The highest BCUT2D eigenvalue weighted by Crippen LogP contribution is 2.20. The Hall–Kier alpha value is -1.77. The third kappa shape index (κ3) is 4.69.